The number of hydrogen-bond donors (Lipinski definition) is 0. The fourth-order valence-electron chi connectivity index (χ4n) is 3.12. The van der Waals surface area contributed by atoms with Crippen molar-refractivity contribution in [1.29, 1.82) is 0 Å². The van der Waals surface area contributed by atoms with E-state index in [1.54, 1.807) is 0 Å². The Labute approximate surface area is 155 Å². The third-order valence-electron chi connectivity index (χ3n) is 4.74. The molecular weight excluding hydrogens is 317 g/mol. The zero-order valence-electron chi connectivity index (χ0n) is 14.9. The lowest BCUT2D eigenvalue weighted by atomic mass is 9.88. The lowest BCUT2D eigenvalue weighted by Crippen LogP contribution is -2.30. The van der Waals surface area contributed by atoms with Crippen molar-refractivity contribution >= 4 is 25.5 Å². The zero-order valence-corrected chi connectivity index (χ0v) is 14.9. The van der Waals surface area contributed by atoms with Crippen LogP contribution in [-0.2, 0) is 6.61 Å². The minimum Gasteiger partial charge on any atom is -0.487 e. The molecule has 0 spiro atoms. The molecule has 0 unspecified atom stereocenters. The number of pyridine rings is 1. The van der Waals surface area contributed by atoms with Crippen LogP contribution in [-0.4, -0.2) is 12.8 Å². The predicted octanol–water partition coefficient (Wildman–Crippen LogP) is 2.78. The molecule has 1 aliphatic carbocycles. The minimum absolute atomic E-state index is 0.470. The van der Waals surface area contributed by atoms with Crippen LogP contribution in [0.1, 0.15) is 24.1 Å². The Kier molecular flexibility index (Phi) is 4.62. The summed E-state index contributed by atoms with van der Waals surface area (Å²) in [5.74, 6) is 0.837. The predicted molar refractivity (Wildman–Crippen MR) is 108 cm³/mol. The Hall–Kier alpha value is -2.81. The molecule has 0 N–H and O–H groups in total. The molecule has 3 aromatic rings. The maximum atomic E-state index is 6.01. The van der Waals surface area contributed by atoms with Crippen molar-refractivity contribution in [2.24, 2.45) is 0 Å². The molecule has 26 heavy (non-hydrogen) atoms. The van der Waals surface area contributed by atoms with Gasteiger partial charge in [0.2, 0.25) is 0 Å². The quantitative estimate of drug-likeness (QED) is 0.683. The summed E-state index contributed by atoms with van der Waals surface area (Å²) in [4.78, 5) is 4.69. The molecule has 0 atom stereocenters. The molecule has 2 aromatic carbocycles. The van der Waals surface area contributed by atoms with Gasteiger partial charge in [-0.1, -0.05) is 59.6 Å². The van der Waals surface area contributed by atoms with Gasteiger partial charge in [-0.25, -0.2) is 4.98 Å². The zero-order chi connectivity index (χ0) is 17.9. The molecule has 1 heterocycles. The number of benzene rings is 2. The summed E-state index contributed by atoms with van der Waals surface area (Å²) in [6, 6.07) is 18.4. The Morgan fingerprint density at radius 3 is 2.50 bits per heavy atom. The molecule has 1 aromatic heterocycles. The van der Waals surface area contributed by atoms with Crippen LogP contribution in [0.15, 0.2) is 54.6 Å². The standard InChI is InChI=1S/C23H20BNO/c1-16-6-7-19(14-22(16)24)17-9-12-21(13-10-17)26-15-20-11-8-18-4-2-3-5-23(18)25-20/h4-14H,2-3,15H2,1H3. The van der Waals surface area contributed by atoms with Gasteiger partial charge in [0.05, 0.1) is 11.0 Å². The number of ether oxygens (including phenoxy) is 1. The monoisotopic (exact) mass is 337 g/mol. The number of rotatable bonds is 4. The van der Waals surface area contributed by atoms with Gasteiger partial charge in [0.25, 0.3) is 0 Å². The number of aromatic nitrogens is 1. The van der Waals surface area contributed by atoms with Crippen molar-refractivity contribution in [2.45, 2.75) is 26.4 Å². The summed E-state index contributed by atoms with van der Waals surface area (Å²) in [7, 11) is 6.01. The van der Waals surface area contributed by atoms with E-state index in [0.29, 0.717) is 6.61 Å². The van der Waals surface area contributed by atoms with Gasteiger partial charge in [-0.2, -0.15) is 0 Å². The molecule has 0 aliphatic heterocycles. The van der Waals surface area contributed by atoms with E-state index in [1.165, 1.54) is 5.22 Å². The highest BCUT2D eigenvalue weighted by Gasteiger charge is 2.03. The fraction of sp³-hybridized carbons (Fsp3) is 0.174. The first-order valence-corrected chi connectivity index (χ1v) is 8.95. The molecule has 0 amide bonds. The van der Waals surface area contributed by atoms with Crippen molar-refractivity contribution in [1.82, 2.24) is 4.98 Å². The van der Waals surface area contributed by atoms with E-state index in [-0.39, 0.29) is 0 Å². The van der Waals surface area contributed by atoms with Crippen LogP contribution in [0.5, 0.6) is 5.75 Å². The number of fused-ring (bicyclic) bond motifs is 1. The molecule has 4 rings (SSSR count). The minimum atomic E-state index is 0.470. The molecule has 0 bridgehead atoms. The molecule has 2 radical (unpaired) electrons. The van der Waals surface area contributed by atoms with Crippen LogP contribution in [0, 0.1) is 6.92 Å². The molecule has 1 aliphatic rings. The first-order chi connectivity index (χ1) is 12.7. The summed E-state index contributed by atoms with van der Waals surface area (Å²) in [6.45, 7) is 2.48. The van der Waals surface area contributed by atoms with Gasteiger partial charge in [0.1, 0.15) is 20.2 Å². The first-order valence-electron chi connectivity index (χ1n) is 8.95. The highest BCUT2D eigenvalue weighted by Crippen LogP contribution is 2.22. The van der Waals surface area contributed by atoms with Crippen molar-refractivity contribution in [2.75, 3.05) is 0 Å². The lowest BCUT2D eigenvalue weighted by molar-refractivity contribution is 0.301. The molecule has 0 fully saturated rings. The third kappa shape index (κ3) is 3.57. The van der Waals surface area contributed by atoms with Gasteiger partial charge in [-0.15, -0.1) is 0 Å². The van der Waals surface area contributed by atoms with Crippen LogP contribution >= 0.6 is 0 Å². The van der Waals surface area contributed by atoms with Gasteiger partial charge in [0, 0.05) is 0 Å². The van der Waals surface area contributed by atoms with E-state index in [0.717, 1.165) is 51.8 Å². The Morgan fingerprint density at radius 1 is 0.923 bits per heavy atom. The van der Waals surface area contributed by atoms with Crippen LogP contribution in [0.25, 0.3) is 23.3 Å². The Bertz CT molecular complexity index is 1050. The number of aryl methyl sites for hydroxylation is 1. The normalized spacial score (nSPS) is 12.7. The maximum absolute atomic E-state index is 6.01. The molecule has 3 heteroatoms. The number of nitrogens with zero attached hydrogens (tertiary/aromatic N) is 1. The average molecular weight is 337 g/mol. The Balaban J connectivity index is 1.47. The van der Waals surface area contributed by atoms with Crippen molar-refractivity contribution in [3.05, 3.63) is 76.4 Å². The van der Waals surface area contributed by atoms with Gasteiger partial charge in [-0.05, 0) is 54.3 Å². The van der Waals surface area contributed by atoms with E-state index < -0.39 is 0 Å². The second-order valence-corrected chi connectivity index (χ2v) is 6.65. The van der Waals surface area contributed by atoms with Gasteiger partial charge < -0.3 is 4.74 Å². The average Bonchev–Trinajstić information content (AvgIpc) is 2.69. The smallest absolute Gasteiger partial charge is 0.130 e. The summed E-state index contributed by atoms with van der Waals surface area (Å²) in [5, 5.41) is 2.30. The summed E-state index contributed by atoms with van der Waals surface area (Å²) in [6.07, 6.45) is 6.60. The highest BCUT2D eigenvalue weighted by molar-refractivity contribution is 6.33. The Morgan fingerprint density at radius 2 is 1.69 bits per heavy atom. The van der Waals surface area contributed by atoms with Gasteiger partial charge >= 0.3 is 0 Å². The van der Waals surface area contributed by atoms with Crippen LogP contribution in [0.3, 0.4) is 0 Å². The molecule has 126 valence electrons. The van der Waals surface area contributed by atoms with E-state index in [2.05, 4.69) is 41.4 Å². The molecular formula is C23H20BNO. The SMILES string of the molecule is [B]c1cc(-c2ccc(OCc3ccc4c(n3)=CCCC=4)cc2)ccc1C. The summed E-state index contributed by atoms with van der Waals surface area (Å²) < 4.78 is 5.91. The molecule has 0 saturated carbocycles. The summed E-state index contributed by atoms with van der Waals surface area (Å²) >= 11 is 0. The fourth-order valence-corrected chi connectivity index (χ4v) is 3.12. The van der Waals surface area contributed by atoms with Crippen LogP contribution in [0.2, 0.25) is 0 Å². The third-order valence-corrected chi connectivity index (χ3v) is 4.74. The van der Waals surface area contributed by atoms with Crippen LogP contribution in [0.4, 0.5) is 0 Å². The van der Waals surface area contributed by atoms with E-state index in [1.807, 2.05) is 37.3 Å². The van der Waals surface area contributed by atoms with E-state index >= 15 is 0 Å². The van der Waals surface area contributed by atoms with E-state index in [9.17, 15) is 0 Å². The topological polar surface area (TPSA) is 22.1 Å². The van der Waals surface area contributed by atoms with Gasteiger partial charge in [0.15, 0.2) is 0 Å². The highest BCUT2D eigenvalue weighted by atomic mass is 16.5. The second kappa shape index (κ2) is 7.21. The lowest BCUT2D eigenvalue weighted by Gasteiger charge is -2.09. The van der Waals surface area contributed by atoms with E-state index in [4.69, 9.17) is 12.6 Å². The van der Waals surface area contributed by atoms with Gasteiger partial charge in [-0.3, -0.25) is 0 Å². The largest absolute Gasteiger partial charge is 0.487 e. The van der Waals surface area contributed by atoms with Crippen molar-refractivity contribution < 1.29 is 4.74 Å². The molecule has 0 saturated heterocycles. The maximum Gasteiger partial charge on any atom is 0.130 e. The first kappa shape index (κ1) is 16.7. The second-order valence-electron chi connectivity index (χ2n) is 6.65. The molecule has 2 nitrogen and oxygen atoms in total. The van der Waals surface area contributed by atoms with Crippen LogP contribution < -0.4 is 20.8 Å². The van der Waals surface area contributed by atoms with Crippen molar-refractivity contribution in [3.63, 3.8) is 0 Å². The van der Waals surface area contributed by atoms with Crippen molar-refractivity contribution in [3.8, 4) is 16.9 Å². The number of hydrogen-bond acceptors (Lipinski definition) is 2. The summed E-state index contributed by atoms with van der Waals surface area (Å²) in [5.41, 5.74) is 5.10.